The molecule has 0 rings (SSSR count). The first kappa shape index (κ1) is 24.0. The molecule has 0 aromatic heterocycles. The van der Waals surface area contributed by atoms with Gasteiger partial charge in [-0.1, -0.05) is 0 Å². The van der Waals surface area contributed by atoms with Crippen molar-refractivity contribution >= 4 is 23.7 Å². The number of aliphatic hydroxyl groups is 1. The molecule has 0 saturated heterocycles. The number of Topliss-reactive ketones (excluding diaryl/α,β-unsaturated/α-hetero) is 1. The molecule has 9 heteroatoms. The van der Waals surface area contributed by atoms with Crippen molar-refractivity contribution in [1.82, 2.24) is 0 Å². The van der Waals surface area contributed by atoms with Gasteiger partial charge in [0.2, 0.25) is 5.78 Å². The number of ketones is 1. The Hall–Kier alpha value is -2.00. The summed E-state index contributed by atoms with van der Waals surface area (Å²) >= 11 is 0. The van der Waals surface area contributed by atoms with Crippen LogP contribution in [0.2, 0.25) is 0 Å². The summed E-state index contributed by atoms with van der Waals surface area (Å²) in [7, 11) is 0. The lowest BCUT2D eigenvalue weighted by Crippen LogP contribution is -2.37. The van der Waals surface area contributed by atoms with Crippen molar-refractivity contribution in [2.24, 2.45) is 0 Å². The quantitative estimate of drug-likeness (QED) is 0.453. The van der Waals surface area contributed by atoms with E-state index < -0.39 is 60.3 Å². The molecule has 0 radical (unpaired) electrons. The van der Waals surface area contributed by atoms with Gasteiger partial charge in [0.05, 0.1) is 5.60 Å². The summed E-state index contributed by atoms with van der Waals surface area (Å²) < 4.78 is 19.6. The Morgan fingerprint density at radius 3 is 1.85 bits per heavy atom. The Bertz CT molecular complexity index is 525. The van der Waals surface area contributed by atoms with Crippen LogP contribution < -0.4 is 0 Å². The first-order chi connectivity index (χ1) is 11.6. The minimum absolute atomic E-state index is 0.563. The summed E-state index contributed by atoms with van der Waals surface area (Å²) in [4.78, 5) is 46.4. The van der Waals surface area contributed by atoms with Crippen LogP contribution in [0, 0.1) is 0 Å². The van der Waals surface area contributed by atoms with Gasteiger partial charge in [0.15, 0.2) is 25.4 Å². The van der Waals surface area contributed by atoms with Crippen molar-refractivity contribution in [1.29, 1.82) is 0 Å². The molecule has 0 aliphatic rings. The predicted molar refractivity (Wildman–Crippen MR) is 89.1 cm³/mol. The summed E-state index contributed by atoms with van der Waals surface area (Å²) in [5.74, 6) is -3.37. The molecule has 0 aliphatic carbocycles. The second-order valence-corrected chi connectivity index (χ2v) is 7.20. The van der Waals surface area contributed by atoms with Crippen molar-refractivity contribution in [2.45, 2.75) is 71.9 Å². The van der Waals surface area contributed by atoms with E-state index in [0.29, 0.717) is 0 Å². The van der Waals surface area contributed by atoms with Crippen molar-refractivity contribution in [3.8, 4) is 0 Å². The monoisotopic (exact) mass is 376 g/mol. The van der Waals surface area contributed by atoms with Gasteiger partial charge >= 0.3 is 17.9 Å². The molecule has 0 saturated carbocycles. The van der Waals surface area contributed by atoms with Crippen LogP contribution in [0.5, 0.6) is 0 Å². The van der Waals surface area contributed by atoms with Crippen LogP contribution in [0.15, 0.2) is 0 Å². The molecular weight excluding hydrogens is 348 g/mol. The summed E-state index contributed by atoms with van der Waals surface area (Å²) in [6, 6.07) is 0. The smallest absolute Gasteiger partial charge is 0.347 e. The van der Waals surface area contributed by atoms with E-state index in [4.69, 9.17) is 9.47 Å². The molecule has 0 amide bonds. The minimum atomic E-state index is -1.63. The fraction of sp³-hybridized carbons (Fsp3) is 0.765. The number of hydrogen-bond donors (Lipinski definition) is 1. The zero-order chi connectivity index (χ0) is 20.7. The van der Waals surface area contributed by atoms with Gasteiger partial charge in [-0.15, -0.1) is 0 Å². The lowest BCUT2D eigenvalue weighted by atomic mass is 10.1. The van der Waals surface area contributed by atoms with Crippen LogP contribution in [0.3, 0.4) is 0 Å². The second kappa shape index (κ2) is 9.63. The molecule has 0 aromatic rings. The van der Waals surface area contributed by atoms with E-state index in [-0.39, 0.29) is 0 Å². The zero-order valence-corrected chi connectivity index (χ0v) is 16.3. The topological polar surface area (TPSA) is 125 Å². The van der Waals surface area contributed by atoms with Gasteiger partial charge in [-0.3, -0.25) is 4.79 Å². The van der Waals surface area contributed by atoms with Crippen LogP contribution in [-0.2, 0) is 38.1 Å². The van der Waals surface area contributed by atoms with E-state index >= 15 is 0 Å². The first-order valence-electron chi connectivity index (χ1n) is 8.09. The maximum absolute atomic E-state index is 11.8. The van der Waals surface area contributed by atoms with Crippen molar-refractivity contribution < 1.29 is 43.2 Å². The van der Waals surface area contributed by atoms with E-state index in [2.05, 4.69) is 9.47 Å². The van der Waals surface area contributed by atoms with Gasteiger partial charge < -0.3 is 24.1 Å². The largest absolute Gasteiger partial charge is 0.455 e. The van der Waals surface area contributed by atoms with Crippen molar-refractivity contribution in [3.63, 3.8) is 0 Å². The summed E-state index contributed by atoms with van der Waals surface area (Å²) in [5, 5.41) is 9.40. The fourth-order valence-corrected chi connectivity index (χ4v) is 1.51. The molecule has 150 valence electrons. The molecule has 2 unspecified atom stereocenters. The molecule has 0 bridgehead atoms. The number of esters is 3. The van der Waals surface area contributed by atoms with Crippen LogP contribution in [0.4, 0.5) is 0 Å². The number of ether oxygens (including phenoxy) is 4. The standard InChI is InChI=1S/C17H28O9/c1-10(25-15(21)11(2)26-16(3,4)5)14(20)24-9-13(19)23-8-12(18)17(6,7)22/h10-11,22H,8-9H2,1-7H3. The molecule has 0 fully saturated rings. The fourth-order valence-electron chi connectivity index (χ4n) is 1.51. The molecule has 0 aromatic carbocycles. The molecule has 0 aliphatic heterocycles. The average molecular weight is 376 g/mol. The maximum Gasteiger partial charge on any atom is 0.347 e. The highest BCUT2D eigenvalue weighted by atomic mass is 16.6. The molecule has 9 nitrogen and oxygen atoms in total. The Balaban J connectivity index is 4.29. The summed E-state index contributed by atoms with van der Waals surface area (Å²) in [6.45, 7) is 9.18. The SMILES string of the molecule is CC(OC(=O)C(C)OC(C)(C)C)C(=O)OCC(=O)OCC(=O)C(C)(C)O. The third kappa shape index (κ3) is 10.1. The molecule has 0 spiro atoms. The average Bonchev–Trinajstić information content (AvgIpc) is 2.47. The third-order valence-corrected chi connectivity index (χ3v) is 2.87. The lowest BCUT2D eigenvalue weighted by Gasteiger charge is -2.24. The Kier molecular flexibility index (Phi) is 8.89. The van der Waals surface area contributed by atoms with Crippen LogP contribution in [0.25, 0.3) is 0 Å². The summed E-state index contributed by atoms with van der Waals surface area (Å²) in [5.41, 5.74) is -2.20. The Labute approximate surface area is 152 Å². The zero-order valence-electron chi connectivity index (χ0n) is 16.3. The molecule has 1 N–H and O–H groups in total. The van der Waals surface area contributed by atoms with E-state index in [0.717, 1.165) is 0 Å². The van der Waals surface area contributed by atoms with E-state index in [9.17, 15) is 24.3 Å². The molecule has 0 heterocycles. The summed E-state index contributed by atoms with van der Waals surface area (Å²) in [6.07, 6.45) is -2.14. The van der Waals surface area contributed by atoms with Gasteiger partial charge in [-0.05, 0) is 48.5 Å². The van der Waals surface area contributed by atoms with Crippen LogP contribution in [0.1, 0.15) is 48.5 Å². The van der Waals surface area contributed by atoms with Gasteiger partial charge in [0.25, 0.3) is 0 Å². The highest BCUT2D eigenvalue weighted by Crippen LogP contribution is 2.12. The van der Waals surface area contributed by atoms with Gasteiger partial charge in [-0.2, -0.15) is 0 Å². The van der Waals surface area contributed by atoms with Crippen LogP contribution >= 0.6 is 0 Å². The van der Waals surface area contributed by atoms with Crippen molar-refractivity contribution in [3.05, 3.63) is 0 Å². The Morgan fingerprint density at radius 1 is 0.846 bits per heavy atom. The first-order valence-corrected chi connectivity index (χ1v) is 8.09. The van der Waals surface area contributed by atoms with Crippen molar-refractivity contribution in [2.75, 3.05) is 13.2 Å². The van der Waals surface area contributed by atoms with Crippen LogP contribution in [-0.4, -0.2) is 65.4 Å². The highest BCUT2D eigenvalue weighted by Gasteiger charge is 2.28. The second-order valence-electron chi connectivity index (χ2n) is 7.20. The Morgan fingerprint density at radius 2 is 1.38 bits per heavy atom. The number of hydrogen-bond acceptors (Lipinski definition) is 9. The van der Waals surface area contributed by atoms with E-state index in [1.807, 2.05) is 0 Å². The molecule has 26 heavy (non-hydrogen) atoms. The van der Waals surface area contributed by atoms with Gasteiger partial charge in [0, 0.05) is 0 Å². The number of carbonyl (C=O) groups is 4. The third-order valence-electron chi connectivity index (χ3n) is 2.87. The van der Waals surface area contributed by atoms with E-state index in [1.54, 1.807) is 20.8 Å². The van der Waals surface area contributed by atoms with E-state index in [1.165, 1.54) is 27.7 Å². The molecular formula is C17H28O9. The number of rotatable bonds is 9. The molecule has 2 atom stereocenters. The normalized spacial score (nSPS) is 14.2. The highest BCUT2D eigenvalue weighted by molar-refractivity contribution is 5.89. The maximum atomic E-state index is 11.8. The van der Waals surface area contributed by atoms with Gasteiger partial charge in [0.1, 0.15) is 5.60 Å². The number of carbonyl (C=O) groups excluding carboxylic acids is 4. The van der Waals surface area contributed by atoms with Gasteiger partial charge in [-0.25, -0.2) is 14.4 Å². The minimum Gasteiger partial charge on any atom is -0.455 e. The lowest BCUT2D eigenvalue weighted by molar-refractivity contribution is -0.180. The predicted octanol–water partition coefficient (Wildman–Crippen LogP) is 0.548.